The summed E-state index contributed by atoms with van der Waals surface area (Å²) >= 11 is 1.59. The number of nitrogens with one attached hydrogen (secondary N) is 1. The number of hydrogen-bond donors (Lipinski definition) is 3. The van der Waals surface area contributed by atoms with Crippen molar-refractivity contribution in [2.75, 3.05) is 18.5 Å². The number of ether oxygens (including phenoxy) is 1. The summed E-state index contributed by atoms with van der Waals surface area (Å²) < 4.78 is 10.9. The summed E-state index contributed by atoms with van der Waals surface area (Å²) in [5.74, 6) is 0.0376. The van der Waals surface area contributed by atoms with Gasteiger partial charge in [-0.3, -0.25) is 0 Å². The van der Waals surface area contributed by atoms with Gasteiger partial charge in [-0.1, -0.05) is 5.16 Å². The number of carboxylic acid groups (broad SMARTS) is 1. The Hall–Kier alpha value is -2.23. The molecule has 1 unspecified atom stereocenters. The maximum absolute atomic E-state index is 11.5. The zero-order valence-electron chi connectivity index (χ0n) is 16.2. The van der Waals surface area contributed by atoms with Gasteiger partial charge in [0.1, 0.15) is 11.2 Å². The highest BCUT2D eigenvalue weighted by molar-refractivity contribution is 7.17. The van der Waals surface area contributed by atoms with E-state index in [2.05, 4.69) is 15.5 Å². The molecule has 0 aromatic carbocycles. The lowest BCUT2D eigenvalue weighted by Gasteiger charge is -2.44. The number of aromatic nitrogens is 2. The third-order valence-corrected chi connectivity index (χ3v) is 7.37. The molecular formula is C20H23N3O5S. The summed E-state index contributed by atoms with van der Waals surface area (Å²) in [5.41, 5.74) is 3.12. The predicted octanol–water partition coefficient (Wildman–Crippen LogP) is 2.91. The second-order valence-corrected chi connectivity index (χ2v) is 9.34. The second-order valence-electron chi connectivity index (χ2n) is 8.23. The SMILES string of the molecule is Cc1noc(-c2c(NC(O)C3=C(C(=O)O)CCC3)sc3c2CCC2(COC2)C3)n1. The van der Waals surface area contributed by atoms with Crippen molar-refractivity contribution >= 4 is 22.3 Å². The molecule has 0 radical (unpaired) electrons. The highest BCUT2D eigenvalue weighted by atomic mass is 32.1. The molecule has 0 amide bonds. The summed E-state index contributed by atoms with van der Waals surface area (Å²) in [6, 6.07) is 0. The minimum absolute atomic E-state index is 0.222. The van der Waals surface area contributed by atoms with Crippen LogP contribution in [0.1, 0.15) is 41.9 Å². The van der Waals surface area contributed by atoms with Crippen molar-refractivity contribution in [2.45, 2.75) is 51.7 Å². The van der Waals surface area contributed by atoms with E-state index in [-0.39, 0.29) is 5.41 Å². The average molecular weight is 417 g/mol. The number of rotatable bonds is 5. The molecule has 1 fully saturated rings. The largest absolute Gasteiger partial charge is 0.478 e. The number of nitrogens with zero attached hydrogens (tertiary/aromatic N) is 2. The van der Waals surface area contributed by atoms with Crippen LogP contribution in [0.3, 0.4) is 0 Å². The van der Waals surface area contributed by atoms with E-state index in [4.69, 9.17) is 9.26 Å². The predicted molar refractivity (Wildman–Crippen MR) is 106 cm³/mol. The Morgan fingerprint density at radius 1 is 1.31 bits per heavy atom. The van der Waals surface area contributed by atoms with Crippen LogP contribution in [0.5, 0.6) is 0 Å². The number of aliphatic hydroxyl groups is 1. The van der Waals surface area contributed by atoms with Crippen LogP contribution in [-0.4, -0.2) is 45.8 Å². The number of hydrogen-bond acceptors (Lipinski definition) is 8. The smallest absolute Gasteiger partial charge is 0.331 e. The van der Waals surface area contributed by atoms with Gasteiger partial charge in [0.05, 0.1) is 18.8 Å². The number of aryl methyl sites for hydroxylation is 1. The molecule has 2 aromatic heterocycles. The Labute approximate surface area is 171 Å². The molecule has 9 heteroatoms. The van der Waals surface area contributed by atoms with Gasteiger partial charge in [-0.2, -0.15) is 4.98 Å². The maximum atomic E-state index is 11.5. The third-order valence-electron chi connectivity index (χ3n) is 6.21. The van der Waals surface area contributed by atoms with Crippen LogP contribution in [0.4, 0.5) is 5.00 Å². The van der Waals surface area contributed by atoms with Crippen molar-refractivity contribution in [3.8, 4) is 11.5 Å². The fourth-order valence-corrected chi connectivity index (χ4v) is 6.06. The van der Waals surface area contributed by atoms with Crippen molar-refractivity contribution in [3.63, 3.8) is 0 Å². The lowest BCUT2D eigenvalue weighted by atomic mass is 9.72. The quantitative estimate of drug-likeness (QED) is 0.636. The van der Waals surface area contributed by atoms with Crippen molar-refractivity contribution in [1.29, 1.82) is 0 Å². The molecule has 154 valence electrons. The van der Waals surface area contributed by atoms with Crippen molar-refractivity contribution in [2.24, 2.45) is 5.41 Å². The minimum Gasteiger partial charge on any atom is -0.478 e. The average Bonchev–Trinajstić information content (AvgIpc) is 3.37. The molecular weight excluding hydrogens is 394 g/mol. The summed E-state index contributed by atoms with van der Waals surface area (Å²) in [4.78, 5) is 17.2. The lowest BCUT2D eigenvalue weighted by Crippen LogP contribution is -2.46. The standard InChI is InChI=1S/C20H23N3O5S/c1-10-21-17(28-23-10)15-13-5-6-20(8-27-9-20)7-14(13)29-18(15)22-16(24)11-3-2-4-12(11)19(25)26/h16,22,24H,2-9H2,1H3,(H,25,26). The van der Waals surface area contributed by atoms with Crippen LogP contribution in [0.25, 0.3) is 11.5 Å². The molecule has 5 rings (SSSR count). The van der Waals surface area contributed by atoms with E-state index in [9.17, 15) is 15.0 Å². The Morgan fingerprint density at radius 3 is 2.79 bits per heavy atom. The van der Waals surface area contributed by atoms with Gasteiger partial charge in [0.2, 0.25) is 0 Å². The number of aliphatic carboxylic acids is 1. The summed E-state index contributed by atoms with van der Waals surface area (Å²) in [6.45, 7) is 3.36. The van der Waals surface area contributed by atoms with Gasteiger partial charge in [-0.25, -0.2) is 4.79 Å². The molecule has 1 aliphatic heterocycles. The maximum Gasteiger partial charge on any atom is 0.331 e. The number of aliphatic hydroxyl groups excluding tert-OH is 1. The van der Waals surface area contributed by atoms with Crippen LogP contribution < -0.4 is 5.32 Å². The molecule has 0 bridgehead atoms. The topological polar surface area (TPSA) is 118 Å². The number of thiophene rings is 1. The molecule has 1 saturated heterocycles. The Kier molecular flexibility index (Phi) is 4.49. The molecule has 1 atom stereocenters. The number of carboxylic acids is 1. The van der Waals surface area contributed by atoms with Crippen LogP contribution >= 0.6 is 11.3 Å². The van der Waals surface area contributed by atoms with Gasteiger partial charge in [0, 0.05) is 15.9 Å². The highest BCUT2D eigenvalue weighted by Crippen LogP contribution is 2.50. The molecule has 3 aliphatic rings. The van der Waals surface area contributed by atoms with Gasteiger partial charge in [-0.05, 0) is 56.6 Å². The van der Waals surface area contributed by atoms with Crippen molar-refractivity contribution in [1.82, 2.24) is 10.1 Å². The van der Waals surface area contributed by atoms with Gasteiger partial charge < -0.3 is 24.8 Å². The summed E-state index contributed by atoms with van der Waals surface area (Å²) in [6.07, 6.45) is 3.65. The fourth-order valence-electron chi connectivity index (χ4n) is 4.63. The second kappa shape index (κ2) is 6.93. The van der Waals surface area contributed by atoms with E-state index in [0.29, 0.717) is 35.7 Å². The van der Waals surface area contributed by atoms with E-state index in [1.165, 1.54) is 10.4 Å². The summed E-state index contributed by atoms with van der Waals surface area (Å²) in [5, 5.41) is 28.1. The molecule has 1 spiro atoms. The number of carbonyl (C=O) groups is 1. The van der Waals surface area contributed by atoms with E-state index in [0.717, 1.165) is 49.5 Å². The Bertz CT molecular complexity index is 1000. The first-order chi connectivity index (χ1) is 14.0. The van der Waals surface area contributed by atoms with Crippen LogP contribution in [-0.2, 0) is 22.4 Å². The van der Waals surface area contributed by atoms with Crippen LogP contribution in [0, 0.1) is 12.3 Å². The fraction of sp³-hybridized carbons (Fsp3) is 0.550. The van der Waals surface area contributed by atoms with Crippen LogP contribution in [0.15, 0.2) is 15.7 Å². The zero-order valence-corrected chi connectivity index (χ0v) is 17.0. The monoisotopic (exact) mass is 417 g/mol. The lowest BCUT2D eigenvalue weighted by molar-refractivity contribution is -0.132. The van der Waals surface area contributed by atoms with Crippen molar-refractivity contribution in [3.05, 3.63) is 27.4 Å². The molecule has 2 aliphatic carbocycles. The number of fused-ring (bicyclic) bond motifs is 1. The first-order valence-electron chi connectivity index (χ1n) is 9.88. The van der Waals surface area contributed by atoms with Crippen LogP contribution in [0.2, 0.25) is 0 Å². The first kappa shape index (κ1) is 18.8. The molecule has 8 nitrogen and oxygen atoms in total. The van der Waals surface area contributed by atoms with E-state index in [1.54, 1.807) is 18.3 Å². The molecule has 2 aromatic rings. The molecule has 0 saturated carbocycles. The van der Waals surface area contributed by atoms with E-state index < -0.39 is 12.2 Å². The minimum atomic E-state index is -1.05. The Morgan fingerprint density at radius 2 is 2.14 bits per heavy atom. The zero-order chi connectivity index (χ0) is 20.2. The normalized spacial score (nSPS) is 21.2. The summed E-state index contributed by atoms with van der Waals surface area (Å²) in [7, 11) is 0. The van der Waals surface area contributed by atoms with Gasteiger partial charge in [0.15, 0.2) is 5.82 Å². The van der Waals surface area contributed by atoms with Crippen molar-refractivity contribution < 1.29 is 24.3 Å². The Balaban J connectivity index is 1.52. The molecule has 29 heavy (non-hydrogen) atoms. The molecule has 3 N–H and O–H groups in total. The third kappa shape index (κ3) is 3.17. The number of anilines is 1. The highest BCUT2D eigenvalue weighted by Gasteiger charge is 2.43. The molecule has 3 heterocycles. The first-order valence-corrected chi connectivity index (χ1v) is 10.7. The van der Waals surface area contributed by atoms with E-state index in [1.807, 2.05) is 0 Å². The van der Waals surface area contributed by atoms with E-state index >= 15 is 0 Å². The van der Waals surface area contributed by atoms with Gasteiger partial charge in [-0.15, -0.1) is 11.3 Å². The van der Waals surface area contributed by atoms with Gasteiger partial charge in [0.25, 0.3) is 5.89 Å². The van der Waals surface area contributed by atoms with Gasteiger partial charge >= 0.3 is 5.97 Å².